The van der Waals surface area contributed by atoms with E-state index in [1.807, 2.05) is 0 Å². The van der Waals surface area contributed by atoms with Crippen molar-refractivity contribution in [1.29, 1.82) is 0 Å². The summed E-state index contributed by atoms with van der Waals surface area (Å²) in [7, 11) is 0. The van der Waals surface area contributed by atoms with Gasteiger partial charge in [0.15, 0.2) is 0 Å². The van der Waals surface area contributed by atoms with E-state index in [9.17, 15) is 0 Å². The summed E-state index contributed by atoms with van der Waals surface area (Å²) in [5, 5.41) is 6.24. The molecular weight excluding hydrogens is 258 g/mol. The molecule has 0 aliphatic heterocycles. The molecule has 112 valence electrons. The quantitative estimate of drug-likeness (QED) is 0.810. The number of fused-ring (bicyclic) bond motifs is 1. The van der Waals surface area contributed by atoms with Crippen molar-refractivity contribution in [2.45, 2.75) is 44.8 Å². The predicted molar refractivity (Wildman–Crippen MR) is 88.6 cm³/mol. The number of hydrogen-bond acceptors (Lipinski definition) is 2. The van der Waals surface area contributed by atoms with Gasteiger partial charge < -0.3 is 10.1 Å². The normalized spacial score (nSPS) is 16.8. The van der Waals surface area contributed by atoms with Gasteiger partial charge in [-0.1, -0.05) is 43.3 Å². The lowest BCUT2D eigenvalue weighted by Crippen LogP contribution is -2.30. The van der Waals surface area contributed by atoms with Crippen LogP contribution in [-0.4, -0.2) is 19.3 Å². The molecule has 1 unspecified atom stereocenters. The summed E-state index contributed by atoms with van der Waals surface area (Å²) in [4.78, 5) is 0. The van der Waals surface area contributed by atoms with Crippen molar-refractivity contribution in [1.82, 2.24) is 5.32 Å². The highest BCUT2D eigenvalue weighted by Crippen LogP contribution is 2.25. The van der Waals surface area contributed by atoms with E-state index in [1.54, 1.807) is 0 Å². The van der Waals surface area contributed by atoms with Crippen LogP contribution in [-0.2, 0) is 4.74 Å². The van der Waals surface area contributed by atoms with Gasteiger partial charge in [-0.2, -0.15) is 0 Å². The van der Waals surface area contributed by atoms with E-state index < -0.39 is 0 Å². The third kappa shape index (κ3) is 3.63. The monoisotopic (exact) mass is 283 g/mol. The summed E-state index contributed by atoms with van der Waals surface area (Å²) in [6.07, 6.45) is 5.44. The molecule has 0 aromatic heterocycles. The van der Waals surface area contributed by atoms with E-state index in [0.717, 1.165) is 19.6 Å². The lowest BCUT2D eigenvalue weighted by molar-refractivity contribution is -0.00874. The van der Waals surface area contributed by atoms with Crippen molar-refractivity contribution in [2.75, 3.05) is 13.2 Å². The van der Waals surface area contributed by atoms with Crippen LogP contribution in [0.1, 0.15) is 44.2 Å². The van der Waals surface area contributed by atoms with Crippen LogP contribution in [0.15, 0.2) is 42.5 Å². The molecule has 3 rings (SSSR count). The van der Waals surface area contributed by atoms with E-state index in [1.165, 1.54) is 35.6 Å². The van der Waals surface area contributed by atoms with Gasteiger partial charge in [0.05, 0.1) is 18.8 Å². The SMILES string of the molecule is CCCNC(COC1CCC1)c1ccc2ccccc2c1. The topological polar surface area (TPSA) is 21.3 Å². The molecule has 2 aromatic carbocycles. The zero-order valence-corrected chi connectivity index (χ0v) is 12.8. The minimum absolute atomic E-state index is 0.301. The molecule has 2 heteroatoms. The zero-order valence-electron chi connectivity index (χ0n) is 12.8. The number of hydrogen-bond donors (Lipinski definition) is 1. The van der Waals surface area contributed by atoms with Gasteiger partial charge in [0.25, 0.3) is 0 Å². The van der Waals surface area contributed by atoms with Gasteiger partial charge in [-0.25, -0.2) is 0 Å². The molecule has 2 nitrogen and oxygen atoms in total. The largest absolute Gasteiger partial charge is 0.376 e. The molecule has 0 heterocycles. The van der Waals surface area contributed by atoms with Gasteiger partial charge in [-0.15, -0.1) is 0 Å². The fourth-order valence-electron chi connectivity index (χ4n) is 2.79. The average molecular weight is 283 g/mol. The Kier molecular flexibility index (Phi) is 4.89. The Morgan fingerprint density at radius 2 is 1.95 bits per heavy atom. The van der Waals surface area contributed by atoms with Crippen LogP contribution >= 0.6 is 0 Å². The standard InChI is InChI=1S/C19H25NO/c1-2-12-20-19(14-21-18-8-5-9-18)17-11-10-15-6-3-4-7-16(15)13-17/h3-4,6-7,10-11,13,18-20H,2,5,8-9,12,14H2,1H3. The third-order valence-electron chi connectivity index (χ3n) is 4.37. The van der Waals surface area contributed by atoms with Crippen molar-refractivity contribution < 1.29 is 4.74 Å². The molecule has 0 amide bonds. The van der Waals surface area contributed by atoms with Crippen molar-refractivity contribution in [2.24, 2.45) is 0 Å². The highest BCUT2D eigenvalue weighted by molar-refractivity contribution is 5.83. The molecule has 0 saturated heterocycles. The summed E-state index contributed by atoms with van der Waals surface area (Å²) < 4.78 is 6.04. The lowest BCUT2D eigenvalue weighted by atomic mass is 9.96. The summed E-state index contributed by atoms with van der Waals surface area (Å²) in [6.45, 7) is 4.02. The summed E-state index contributed by atoms with van der Waals surface area (Å²) >= 11 is 0. The van der Waals surface area contributed by atoms with E-state index in [0.29, 0.717) is 12.1 Å². The first kappa shape index (κ1) is 14.6. The summed E-state index contributed by atoms with van der Waals surface area (Å²) in [5.74, 6) is 0. The second-order valence-electron chi connectivity index (χ2n) is 6.00. The first-order chi connectivity index (χ1) is 10.4. The summed E-state index contributed by atoms with van der Waals surface area (Å²) in [6, 6.07) is 15.6. The molecule has 0 bridgehead atoms. The van der Waals surface area contributed by atoms with E-state index in [2.05, 4.69) is 54.7 Å². The van der Waals surface area contributed by atoms with Gasteiger partial charge in [-0.3, -0.25) is 0 Å². The Balaban J connectivity index is 1.74. The lowest BCUT2D eigenvalue weighted by Gasteiger charge is -2.28. The molecule has 1 N–H and O–H groups in total. The second kappa shape index (κ2) is 7.06. The summed E-state index contributed by atoms with van der Waals surface area (Å²) in [5.41, 5.74) is 1.33. The molecule has 1 aliphatic carbocycles. The van der Waals surface area contributed by atoms with E-state index >= 15 is 0 Å². The number of benzene rings is 2. The minimum atomic E-state index is 0.301. The van der Waals surface area contributed by atoms with Crippen molar-refractivity contribution in [3.05, 3.63) is 48.0 Å². The van der Waals surface area contributed by atoms with Crippen LogP contribution in [0.3, 0.4) is 0 Å². The van der Waals surface area contributed by atoms with Crippen molar-refractivity contribution in [3.8, 4) is 0 Å². The van der Waals surface area contributed by atoms with Crippen LogP contribution in [0.4, 0.5) is 0 Å². The zero-order chi connectivity index (χ0) is 14.5. The van der Waals surface area contributed by atoms with Crippen molar-refractivity contribution >= 4 is 10.8 Å². The number of rotatable bonds is 7. The fourth-order valence-corrected chi connectivity index (χ4v) is 2.79. The van der Waals surface area contributed by atoms with Gasteiger partial charge in [-0.05, 0) is 54.6 Å². The smallest absolute Gasteiger partial charge is 0.0665 e. The maximum Gasteiger partial charge on any atom is 0.0665 e. The van der Waals surface area contributed by atoms with Crippen LogP contribution < -0.4 is 5.32 Å². The molecule has 1 saturated carbocycles. The second-order valence-corrected chi connectivity index (χ2v) is 6.00. The Morgan fingerprint density at radius 3 is 2.67 bits per heavy atom. The van der Waals surface area contributed by atoms with E-state index in [-0.39, 0.29) is 0 Å². The average Bonchev–Trinajstić information content (AvgIpc) is 2.48. The Labute approximate surface area is 127 Å². The predicted octanol–water partition coefficient (Wildman–Crippen LogP) is 4.45. The minimum Gasteiger partial charge on any atom is -0.376 e. The molecule has 1 fully saturated rings. The molecule has 2 aromatic rings. The Hall–Kier alpha value is -1.38. The molecule has 21 heavy (non-hydrogen) atoms. The van der Waals surface area contributed by atoms with Crippen LogP contribution in [0.25, 0.3) is 10.8 Å². The maximum absolute atomic E-state index is 6.04. The molecule has 1 atom stereocenters. The highest BCUT2D eigenvalue weighted by atomic mass is 16.5. The van der Waals surface area contributed by atoms with Gasteiger partial charge >= 0.3 is 0 Å². The van der Waals surface area contributed by atoms with Crippen molar-refractivity contribution in [3.63, 3.8) is 0 Å². The highest BCUT2D eigenvalue weighted by Gasteiger charge is 2.20. The fraction of sp³-hybridized carbons (Fsp3) is 0.474. The Bertz CT molecular complexity index is 577. The molecule has 0 spiro atoms. The maximum atomic E-state index is 6.04. The van der Waals surface area contributed by atoms with Gasteiger partial charge in [0, 0.05) is 0 Å². The number of nitrogens with one attached hydrogen (secondary N) is 1. The Morgan fingerprint density at radius 1 is 1.14 bits per heavy atom. The first-order valence-corrected chi connectivity index (χ1v) is 8.20. The van der Waals surface area contributed by atoms with Crippen LogP contribution in [0.2, 0.25) is 0 Å². The molecule has 1 aliphatic rings. The number of ether oxygens (including phenoxy) is 1. The van der Waals surface area contributed by atoms with Crippen LogP contribution in [0.5, 0.6) is 0 Å². The van der Waals surface area contributed by atoms with Crippen LogP contribution in [0, 0.1) is 0 Å². The van der Waals surface area contributed by atoms with E-state index in [4.69, 9.17) is 4.74 Å². The molecular formula is C19H25NO. The van der Waals surface area contributed by atoms with Gasteiger partial charge in [0.1, 0.15) is 0 Å². The first-order valence-electron chi connectivity index (χ1n) is 8.20. The third-order valence-corrected chi connectivity index (χ3v) is 4.37. The molecule has 0 radical (unpaired) electrons. The van der Waals surface area contributed by atoms with Gasteiger partial charge in [0.2, 0.25) is 0 Å².